The Morgan fingerprint density at radius 1 is 1.03 bits per heavy atom. The molecule has 0 bridgehead atoms. The first-order valence-electron chi connectivity index (χ1n) is 9.89. The predicted molar refractivity (Wildman–Crippen MR) is 125 cm³/mol. The summed E-state index contributed by atoms with van der Waals surface area (Å²) in [5.41, 5.74) is 2.73. The number of ketones is 1. The molecule has 0 N–H and O–H groups in total. The molecule has 0 fully saturated rings. The summed E-state index contributed by atoms with van der Waals surface area (Å²) < 4.78 is 9.29. The van der Waals surface area contributed by atoms with E-state index in [9.17, 15) is 14.4 Å². The van der Waals surface area contributed by atoms with Crippen LogP contribution in [0.3, 0.4) is 0 Å². The van der Waals surface area contributed by atoms with Crippen LogP contribution in [0.5, 0.6) is 0 Å². The number of aryl methyl sites for hydroxylation is 2. The number of carbonyl (C=O) groups excluding carboxylic acids is 2. The zero-order valence-electron chi connectivity index (χ0n) is 17.8. The maximum absolute atomic E-state index is 12.9. The lowest BCUT2D eigenvalue weighted by molar-refractivity contribution is 0.0468. The first kappa shape index (κ1) is 21.7. The molecular formula is C24H20BrN3O4. The topological polar surface area (TPSA) is 83.2 Å². The van der Waals surface area contributed by atoms with Gasteiger partial charge in [0.15, 0.2) is 12.3 Å². The van der Waals surface area contributed by atoms with Crippen molar-refractivity contribution in [3.63, 3.8) is 0 Å². The van der Waals surface area contributed by atoms with Gasteiger partial charge in [0.05, 0.1) is 5.39 Å². The Hall–Kier alpha value is -3.52. The average Bonchev–Trinajstić information content (AvgIpc) is 3.08. The Kier molecular flexibility index (Phi) is 5.80. The molecule has 2 aromatic heterocycles. The maximum atomic E-state index is 12.9. The van der Waals surface area contributed by atoms with Gasteiger partial charge in [-0.25, -0.2) is 9.48 Å². The molecule has 0 saturated heterocycles. The molecule has 0 aliphatic heterocycles. The average molecular weight is 494 g/mol. The van der Waals surface area contributed by atoms with Gasteiger partial charge in [-0.2, -0.15) is 5.10 Å². The SMILES string of the molecule is Cc1cc(C(=O)COC(=O)c2nn(C)c(=O)c3ccccc23)c(C)n1-c1cccc(Br)c1. The van der Waals surface area contributed by atoms with E-state index in [1.165, 1.54) is 7.05 Å². The van der Waals surface area contributed by atoms with Gasteiger partial charge in [0, 0.05) is 39.5 Å². The number of halogens is 1. The van der Waals surface area contributed by atoms with Crippen LogP contribution in [0.1, 0.15) is 32.2 Å². The fraction of sp³-hybridized carbons (Fsp3) is 0.167. The van der Waals surface area contributed by atoms with Crippen molar-refractivity contribution in [3.8, 4) is 5.69 Å². The van der Waals surface area contributed by atoms with E-state index in [0.29, 0.717) is 16.3 Å². The molecule has 7 nitrogen and oxygen atoms in total. The summed E-state index contributed by atoms with van der Waals surface area (Å²) in [5, 5.41) is 4.80. The highest BCUT2D eigenvalue weighted by Gasteiger charge is 2.21. The van der Waals surface area contributed by atoms with Crippen LogP contribution in [0.15, 0.2) is 63.9 Å². The number of benzene rings is 2. The zero-order chi connectivity index (χ0) is 23.0. The number of fused-ring (bicyclic) bond motifs is 1. The molecule has 0 spiro atoms. The molecule has 0 unspecified atom stereocenters. The Bertz CT molecular complexity index is 1440. The molecule has 0 aliphatic rings. The van der Waals surface area contributed by atoms with Crippen molar-refractivity contribution in [2.45, 2.75) is 13.8 Å². The van der Waals surface area contributed by atoms with Gasteiger partial charge in [0.1, 0.15) is 0 Å². The quantitative estimate of drug-likeness (QED) is 0.308. The van der Waals surface area contributed by atoms with Gasteiger partial charge in [-0.1, -0.05) is 40.2 Å². The van der Waals surface area contributed by atoms with Gasteiger partial charge in [-0.15, -0.1) is 0 Å². The Morgan fingerprint density at radius 3 is 2.47 bits per heavy atom. The van der Waals surface area contributed by atoms with Crippen molar-refractivity contribution in [2.75, 3.05) is 6.61 Å². The number of Topliss-reactive ketones (excluding diaryl/α,β-unsaturated/α-hetero) is 1. The Labute approximate surface area is 192 Å². The molecule has 162 valence electrons. The fourth-order valence-electron chi connectivity index (χ4n) is 3.79. The maximum Gasteiger partial charge on any atom is 0.359 e. The summed E-state index contributed by atoms with van der Waals surface area (Å²) in [7, 11) is 1.47. The van der Waals surface area contributed by atoms with Crippen LogP contribution >= 0.6 is 15.9 Å². The zero-order valence-corrected chi connectivity index (χ0v) is 19.3. The van der Waals surface area contributed by atoms with E-state index in [1.807, 2.05) is 42.7 Å². The molecule has 0 radical (unpaired) electrons. The third-order valence-electron chi connectivity index (χ3n) is 5.28. The van der Waals surface area contributed by atoms with Gasteiger partial charge >= 0.3 is 5.97 Å². The number of aromatic nitrogens is 3. The minimum Gasteiger partial charge on any atom is -0.452 e. The second-order valence-corrected chi connectivity index (χ2v) is 8.34. The number of ether oxygens (including phenoxy) is 1. The fourth-order valence-corrected chi connectivity index (χ4v) is 4.17. The highest BCUT2D eigenvalue weighted by Crippen LogP contribution is 2.24. The lowest BCUT2D eigenvalue weighted by Gasteiger charge is -2.10. The van der Waals surface area contributed by atoms with Gasteiger partial charge in [0.25, 0.3) is 5.56 Å². The predicted octanol–water partition coefficient (Wildman–Crippen LogP) is 4.14. The van der Waals surface area contributed by atoms with Gasteiger partial charge in [0.2, 0.25) is 5.78 Å². The molecular weight excluding hydrogens is 474 g/mol. The van der Waals surface area contributed by atoms with E-state index in [0.717, 1.165) is 26.2 Å². The lowest BCUT2D eigenvalue weighted by Crippen LogP contribution is -2.24. The molecule has 2 heterocycles. The smallest absolute Gasteiger partial charge is 0.359 e. The van der Waals surface area contributed by atoms with Crippen LogP contribution < -0.4 is 5.56 Å². The van der Waals surface area contributed by atoms with Crippen LogP contribution in [0.25, 0.3) is 16.5 Å². The molecule has 32 heavy (non-hydrogen) atoms. The van der Waals surface area contributed by atoms with Crippen LogP contribution in [0.4, 0.5) is 0 Å². The molecule has 4 rings (SSSR count). The second-order valence-electron chi connectivity index (χ2n) is 7.42. The molecule has 0 aliphatic carbocycles. The normalized spacial score (nSPS) is 11.0. The van der Waals surface area contributed by atoms with Crippen LogP contribution in [-0.4, -0.2) is 32.7 Å². The van der Waals surface area contributed by atoms with Crippen LogP contribution in [0, 0.1) is 13.8 Å². The van der Waals surface area contributed by atoms with Crippen molar-refractivity contribution in [1.82, 2.24) is 14.3 Å². The van der Waals surface area contributed by atoms with Crippen molar-refractivity contribution >= 4 is 38.5 Å². The number of carbonyl (C=O) groups is 2. The van der Waals surface area contributed by atoms with Crippen LogP contribution in [0.2, 0.25) is 0 Å². The van der Waals surface area contributed by atoms with Gasteiger partial charge in [-0.05, 0) is 44.2 Å². The first-order chi connectivity index (χ1) is 15.3. The molecule has 0 atom stereocenters. The van der Waals surface area contributed by atoms with E-state index in [4.69, 9.17) is 4.74 Å². The molecule has 2 aromatic carbocycles. The van der Waals surface area contributed by atoms with Gasteiger partial charge < -0.3 is 9.30 Å². The first-order valence-corrected chi connectivity index (χ1v) is 10.7. The second kappa shape index (κ2) is 8.55. The number of hydrogen-bond donors (Lipinski definition) is 0. The van der Waals surface area contributed by atoms with Crippen molar-refractivity contribution in [2.24, 2.45) is 7.05 Å². The van der Waals surface area contributed by atoms with Gasteiger partial charge in [-0.3, -0.25) is 9.59 Å². The van der Waals surface area contributed by atoms with Crippen molar-refractivity contribution in [3.05, 3.63) is 92.1 Å². The highest BCUT2D eigenvalue weighted by molar-refractivity contribution is 9.10. The largest absolute Gasteiger partial charge is 0.452 e. The van der Waals surface area contributed by atoms with E-state index in [1.54, 1.807) is 30.3 Å². The summed E-state index contributed by atoms with van der Waals surface area (Å²) in [6.45, 7) is 3.34. The molecule has 4 aromatic rings. The monoisotopic (exact) mass is 493 g/mol. The molecule has 0 saturated carbocycles. The minimum absolute atomic E-state index is 0.00453. The van der Waals surface area contributed by atoms with E-state index in [-0.39, 0.29) is 17.0 Å². The number of esters is 1. The number of hydrogen-bond acceptors (Lipinski definition) is 5. The summed E-state index contributed by atoms with van der Waals surface area (Å²) in [6, 6.07) is 16.2. The Morgan fingerprint density at radius 2 is 1.75 bits per heavy atom. The summed E-state index contributed by atoms with van der Waals surface area (Å²) in [5.74, 6) is -1.08. The minimum atomic E-state index is -0.758. The highest BCUT2D eigenvalue weighted by atomic mass is 79.9. The standard InChI is InChI=1S/C24H20BrN3O4/c1-14-11-20(15(2)28(14)17-8-6-7-16(25)12-17)21(29)13-32-24(31)22-18-9-4-5-10-19(18)23(30)27(3)26-22/h4-12H,13H2,1-3H3. The molecule has 0 amide bonds. The van der Waals surface area contributed by atoms with E-state index < -0.39 is 12.6 Å². The summed E-state index contributed by atoms with van der Waals surface area (Å²) in [4.78, 5) is 37.8. The molecule has 8 heteroatoms. The summed E-state index contributed by atoms with van der Waals surface area (Å²) >= 11 is 3.47. The van der Waals surface area contributed by atoms with E-state index >= 15 is 0 Å². The summed E-state index contributed by atoms with van der Waals surface area (Å²) in [6.07, 6.45) is 0. The van der Waals surface area contributed by atoms with Crippen molar-refractivity contribution in [1.29, 1.82) is 0 Å². The number of rotatable bonds is 5. The van der Waals surface area contributed by atoms with Crippen molar-refractivity contribution < 1.29 is 14.3 Å². The Balaban J connectivity index is 1.59. The third kappa shape index (κ3) is 3.89. The third-order valence-corrected chi connectivity index (χ3v) is 5.78. The van der Waals surface area contributed by atoms with Crippen LogP contribution in [-0.2, 0) is 11.8 Å². The lowest BCUT2D eigenvalue weighted by atomic mass is 10.1. The number of nitrogens with zero attached hydrogens (tertiary/aromatic N) is 3. The van der Waals surface area contributed by atoms with E-state index in [2.05, 4.69) is 21.0 Å².